The smallest absolute Gasteiger partial charge is 0.229 e. The summed E-state index contributed by atoms with van der Waals surface area (Å²) in [5.41, 5.74) is 0. The number of rotatable bonds is 2. The van der Waals surface area contributed by atoms with E-state index in [4.69, 9.17) is 12.2 Å². The molecule has 102 valence electrons. The van der Waals surface area contributed by atoms with Crippen LogP contribution in [0.1, 0.15) is 32.1 Å². The molecule has 0 saturated heterocycles. The van der Waals surface area contributed by atoms with E-state index >= 15 is 0 Å². The zero-order valence-corrected chi connectivity index (χ0v) is 11.4. The third kappa shape index (κ3) is 3.89. The summed E-state index contributed by atoms with van der Waals surface area (Å²) >= 11 is 5.05. The number of carbonyl (C=O) groups excluding carboxylic acids is 1. The van der Waals surface area contributed by atoms with Gasteiger partial charge in [-0.05, 0) is 37.2 Å². The van der Waals surface area contributed by atoms with Crippen LogP contribution in [-0.2, 0) is 4.79 Å². The Labute approximate surface area is 117 Å². The minimum atomic E-state index is -0.0485. The van der Waals surface area contributed by atoms with Gasteiger partial charge in [0.2, 0.25) is 5.91 Å². The molecule has 1 aliphatic carbocycles. The van der Waals surface area contributed by atoms with Crippen LogP contribution in [0.5, 0.6) is 5.75 Å². The van der Waals surface area contributed by atoms with Gasteiger partial charge in [0, 0.05) is 12.1 Å². The molecule has 19 heavy (non-hydrogen) atoms. The van der Waals surface area contributed by atoms with Gasteiger partial charge in [-0.2, -0.15) is 0 Å². The first-order valence-electron chi connectivity index (χ1n) is 6.42. The number of aromatic hydroxyl groups is 1. The number of pyridine rings is 1. The quantitative estimate of drug-likeness (QED) is 0.724. The van der Waals surface area contributed by atoms with Crippen LogP contribution in [0.25, 0.3) is 0 Å². The standard InChI is InChI=1S/C13H17N3O2S/c17-10-7-4-8-14-11(10)15-13(19)16-12(18)9-5-2-1-3-6-9/h4,7-9,17H,1-3,5-6H2,(H2,14,15,16,18,19). The van der Waals surface area contributed by atoms with Crippen LogP contribution in [0, 0.1) is 5.92 Å². The lowest BCUT2D eigenvalue weighted by Crippen LogP contribution is -2.39. The van der Waals surface area contributed by atoms with E-state index in [0.717, 1.165) is 25.7 Å². The highest BCUT2D eigenvalue weighted by molar-refractivity contribution is 7.80. The highest BCUT2D eigenvalue weighted by atomic mass is 32.1. The minimum Gasteiger partial charge on any atom is -0.504 e. The number of anilines is 1. The molecule has 0 radical (unpaired) electrons. The van der Waals surface area contributed by atoms with Gasteiger partial charge in [-0.15, -0.1) is 0 Å². The molecule has 1 aromatic heterocycles. The molecule has 3 N–H and O–H groups in total. The van der Waals surface area contributed by atoms with Gasteiger partial charge in [0.15, 0.2) is 16.7 Å². The molecule has 0 bridgehead atoms. The number of carbonyl (C=O) groups is 1. The molecule has 0 atom stereocenters. The monoisotopic (exact) mass is 279 g/mol. The van der Waals surface area contributed by atoms with Crippen LogP contribution in [0.4, 0.5) is 5.82 Å². The van der Waals surface area contributed by atoms with E-state index in [0.29, 0.717) is 0 Å². The molecule has 1 aromatic rings. The molecule has 1 amide bonds. The third-order valence-corrected chi connectivity index (χ3v) is 3.44. The van der Waals surface area contributed by atoms with Crippen molar-refractivity contribution < 1.29 is 9.90 Å². The SMILES string of the molecule is O=C(NC(=S)Nc1ncccc1O)C1CCCCC1. The van der Waals surface area contributed by atoms with Crippen LogP contribution in [0.3, 0.4) is 0 Å². The Morgan fingerprint density at radius 3 is 2.79 bits per heavy atom. The predicted molar refractivity (Wildman–Crippen MR) is 76.8 cm³/mol. The second-order valence-corrected chi connectivity index (χ2v) is 5.06. The molecule has 2 rings (SSSR count). The van der Waals surface area contributed by atoms with E-state index in [-0.39, 0.29) is 28.5 Å². The summed E-state index contributed by atoms with van der Waals surface area (Å²) < 4.78 is 0. The van der Waals surface area contributed by atoms with Gasteiger partial charge in [0.1, 0.15) is 0 Å². The Hall–Kier alpha value is -1.69. The van der Waals surface area contributed by atoms with Gasteiger partial charge in [-0.1, -0.05) is 19.3 Å². The minimum absolute atomic E-state index is 0.00300. The van der Waals surface area contributed by atoms with Crippen molar-refractivity contribution in [2.24, 2.45) is 5.92 Å². The van der Waals surface area contributed by atoms with Crippen LogP contribution < -0.4 is 10.6 Å². The maximum Gasteiger partial charge on any atom is 0.229 e. The maximum atomic E-state index is 12.0. The largest absolute Gasteiger partial charge is 0.504 e. The third-order valence-electron chi connectivity index (χ3n) is 3.23. The molecule has 1 fully saturated rings. The molecule has 0 aromatic carbocycles. The van der Waals surface area contributed by atoms with Crippen molar-refractivity contribution in [3.8, 4) is 5.75 Å². The van der Waals surface area contributed by atoms with Crippen molar-refractivity contribution >= 4 is 29.1 Å². The highest BCUT2D eigenvalue weighted by Gasteiger charge is 2.21. The first-order valence-corrected chi connectivity index (χ1v) is 6.83. The fraction of sp³-hybridized carbons (Fsp3) is 0.462. The van der Waals surface area contributed by atoms with Gasteiger partial charge in [0.25, 0.3) is 0 Å². The van der Waals surface area contributed by atoms with Crippen molar-refractivity contribution in [2.75, 3.05) is 5.32 Å². The topological polar surface area (TPSA) is 74.2 Å². The van der Waals surface area contributed by atoms with Crippen molar-refractivity contribution in [1.29, 1.82) is 0 Å². The molecule has 0 spiro atoms. The zero-order chi connectivity index (χ0) is 13.7. The Morgan fingerprint density at radius 1 is 1.37 bits per heavy atom. The Morgan fingerprint density at radius 2 is 2.11 bits per heavy atom. The lowest BCUT2D eigenvalue weighted by Gasteiger charge is -2.21. The van der Waals surface area contributed by atoms with E-state index in [2.05, 4.69) is 15.6 Å². The van der Waals surface area contributed by atoms with Crippen LogP contribution in [0.2, 0.25) is 0 Å². The summed E-state index contributed by atoms with van der Waals surface area (Å²) in [5.74, 6) is 0.242. The maximum absolute atomic E-state index is 12.0. The Balaban J connectivity index is 1.87. The second-order valence-electron chi connectivity index (χ2n) is 4.65. The van der Waals surface area contributed by atoms with Crippen LogP contribution in [0.15, 0.2) is 18.3 Å². The number of thiocarbonyl (C=S) groups is 1. The number of nitrogens with one attached hydrogen (secondary N) is 2. The number of hydrogen-bond donors (Lipinski definition) is 3. The fourth-order valence-corrected chi connectivity index (χ4v) is 2.41. The lowest BCUT2D eigenvalue weighted by molar-refractivity contribution is -0.124. The molecule has 1 aliphatic rings. The second kappa shape index (κ2) is 6.47. The van der Waals surface area contributed by atoms with Gasteiger partial charge in [-0.25, -0.2) is 4.98 Å². The molecule has 1 heterocycles. The predicted octanol–water partition coefficient (Wildman–Crippen LogP) is 2.18. The van der Waals surface area contributed by atoms with Crippen LogP contribution in [-0.4, -0.2) is 21.1 Å². The average molecular weight is 279 g/mol. The van der Waals surface area contributed by atoms with E-state index in [1.165, 1.54) is 18.7 Å². The zero-order valence-electron chi connectivity index (χ0n) is 10.6. The summed E-state index contributed by atoms with van der Waals surface area (Å²) in [6.07, 6.45) is 6.77. The van der Waals surface area contributed by atoms with E-state index < -0.39 is 0 Å². The van der Waals surface area contributed by atoms with E-state index in [1.54, 1.807) is 6.07 Å². The van der Waals surface area contributed by atoms with E-state index in [9.17, 15) is 9.90 Å². The van der Waals surface area contributed by atoms with Gasteiger partial charge in [0.05, 0.1) is 0 Å². The molecular weight excluding hydrogens is 262 g/mol. The number of hydrogen-bond acceptors (Lipinski definition) is 4. The summed E-state index contributed by atoms with van der Waals surface area (Å²) in [5, 5.41) is 15.1. The molecular formula is C13H17N3O2S. The van der Waals surface area contributed by atoms with Crippen molar-refractivity contribution in [1.82, 2.24) is 10.3 Å². The molecule has 5 nitrogen and oxygen atoms in total. The van der Waals surface area contributed by atoms with Crippen molar-refractivity contribution in [2.45, 2.75) is 32.1 Å². The van der Waals surface area contributed by atoms with Gasteiger partial charge >= 0.3 is 0 Å². The molecule has 1 saturated carbocycles. The summed E-state index contributed by atoms with van der Waals surface area (Å²) in [7, 11) is 0. The number of nitrogens with zero attached hydrogens (tertiary/aromatic N) is 1. The lowest BCUT2D eigenvalue weighted by atomic mass is 9.89. The number of amides is 1. The molecule has 0 aliphatic heterocycles. The summed E-state index contributed by atoms with van der Waals surface area (Å²) in [6, 6.07) is 3.12. The normalized spacial score (nSPS) is 15.8. The highest BCUT2D eigenvalue weighted by Crippen LogP contribution is 2.23. The summed E-state index contributed by atoms with van der Waals surface area (Å²) in [6.45, 7) is 0. The van der Waals surface area contributed by atoms with Gasteiger partial charge in [-0.3, -0.25) is 4.79 Å². The number of aromatic nitrogens is 1. The van der Waals surface area contributed by atoms with Crippen molar-refractivity contribution in [3.63, 3.8) is 0 Å². The summed E-state index contributed by atoms with van der Waals surface area (Å²) in [4.78, 5) is 15.9. The van der Waals surface area contributed by atoms with Crippen molar-refractivity contribution in [3.05, 3.63) is 18.3 Å². The first kappa shape index (κ1) is 13.7. The average Bonchev–Trinajstić information content (AvgIpc) is 2.42. The first-order chi connectivity index (χ1) is 9.16. The molecule has 6 heteroatoms. The van der Waals surface area contributed by atoms with E-state index in [1.807, 2.05) is 0 Å². The Kier molecular flexibility index (Phi) is 4.68. The Bertz CT molecular complexity index is 473. The molecule has 0 unspecified atom stereocenters. The van der Waals surface area contributed by atoms with Crippen LogP contribution >= 0.6 is 12.2 Å². The fourth-order valence-electron chi connectivity index (χ4n) is 2.21. The van der Waals surface area contributed by atoms with Gasteiger partial charge < -0.3 is 15.7 Å².